The van der Waals surface area contributed by atoms with E-state index in [1.54, 1.807) is 0 Å². The third-order valence-corrected chi connectivity index (χ3v) is 4.88. The van der Waals surface area contributed by atoms with Crippen LogP contribution in [0.1, 0.15) is 48.9 Å². The van der Waals surface area contributed by atoms with Gasteiger partial charge in [-0.15, -0.1) is 24.8 Å². The molecule has 0 spiro atoms. The molecule has 0 radical (unpaired) electrons. The highest BCUT2D eigenvalue weighted by Crippen LogP contribution is 2.33. The first-order valence-electron chi connectivity index (χ1n) is 8.15. The van der Waals surface area contributed by atoms with Gasteiger partial charge in [-0.25, -0.2) is 14.4 Å². The summed E-state index contributed by atoms with van der Waals surface area (Å²) >= 11 is 0. The van der Waals surface area contributed by atoms with Crippen LogP contribution in [-0.2, 0) is 4.74 Å². The second-order valence-corrected chi connectivity index (χ2v) is 6.25. The molecule has 2 aromatic rings. The first-order chi connectivity index (χ1) is 10.8. The van der Waals surface area contributed by atoms with E-state index in [0.717, 1.165) is 74.5 Å². The smallest absolute Gasteiger partial charge is 0.157 e. The van der Waals surface area contributed by atoms with Crippen LogP contribution in [0.3, 0.4) is 0 Å². The molecule has 5 nitrogen and oxygen atoms in total. The molecule has 0 aromatic carbocycles. The average molecular weight is 377 g/mol. The van der Waals surface area contributed by atoms with Gasteiger partial charge in [-0.05, 0) is 44.7 Å². The van der Waals surface area contributed by atoms with Crippen molar-refractivity contribution in [3.8, 4) is 0 Å². The maximum Gasteiger partial charge on any atom is 0.157 e. The second-order valence-electron chi connectivity index (χ2n) is 6.25. The van der Waals surface area contributed by atoms with E-state index in [1.165, 1.54) is 6.20 Å². The molecule has 2 aliphatic rings. The third kappa shape index (κ3) is 3.67. The Morgan fingerprint density at radius 2 is 1.75 bits per heavy atom. The van der Waals surface area contributed by atoms with Crippen molar-refractivity contribution in [2.24, 2.45) is 0 Å². The van der Waals surface area contributed by atoms with Crippen molar-refractivity contribution in [2.45, 2.75) is 37.5 Å². The van der Waals surface area contributed by atoms with Gasteiger partial charge in [0.05, 0.1) is 6.20 Å². The molecule has 4 heterocycles. The molecule has 0 bridgehead atoms. The first kappa shape index (κ1) is 19.4. The molecule has 0 amide bonds. The van der Waals surface area contributed by atoms with Crippen molar-refractivity contribution in [3.63, 3.8) is 0 Å². The minimum absolute atomic E-state index is 0. The van der Waals surface area contributed by atoms with Crippen LogP contribution in [-0.4, -0.2) is 41.3 Å². The zero-order valence-electron chi connectivity index (χ0n) is 13.4. The number of H-pyrrole nitrogens is 1. The lowest BCUT2D eigenvalue weighted by Crippen LogP contribution is -2.27. The van der Waals surface area contributed by atoms with Gasteiger partial charge in [0, 0.05) is 24.7 Å². The summed E-state index contributed by atoms with van der Waals surface area (Å²) < 4.78 is 19.8. The number of fused-ring (bicyclic) bond motifs is 1. The van der Waals surface area contributed by atoms with E-state index in [0.29, 0.717) is 5.92 Å². The fourth-order valence-electron chi connectivity index (χ4n) is 3.63. The number of rotatable bonds is 2. The van der Waals surface area contributed by atoms with Crippen LogP contribution in [0.25, 0.3) is 11.2 Å². The van der Waals surface area contributed by atoms with Gasteiger partial charge in [0.2, 0.25) is 0 Å². The van der Waals surface area contributed by atoms with E-state index in [4.69, 9.17) is 9.72 Å². The van der Waals surface area contributed by atoms with E-state index in [1.807, 2.05) is 0 Å². The van der Waals surface area contributed by atoms with Crippen LogP contribution in [0, 0.1) is 5.82 Å². The minimum atomic E-state index is -0.218. The molecule has 0 saturated carbocycles. The summed E-state index contributed by atoms with van der Waals surface area (Å²) in [6, 6.07) is 0. The molecule has 2 fully saturated rings. The van der Waals surface area contributed by atoms with Gasteiger partial charge in [-0.1, -0.05) is 0 Å². The predicted octanol–water partition coefficient (Wildman–Crippen LogP) is 3.30. The van der Waals surface area contributed by atoms with E-state index in [2.05, 4.69) is 15.3 Å². The van der Waals surface area contributed by atoms with Gasteiger partial charge < -0.3 is 15.0 Å². The fraction of sp³-hybridized carbons (Fsp3) is 0.625. The van der Waals surface area contributed by atoms with Crippen molar-refractivity contribution < 1.29 is 9.13 Å². The molecule has 4 rings (SSSR count). The lowest BCUT2D eigenvalue weighted by atomic mass is 9.90. The summed E-state index contributed by atoms with van der Waals surface area (Å²) in [5.74, 6) is 1.32. The average Bonchev–Trinajstić information content (AvgIpc) is 3.00. The Balaban J connectivity index is 0.00000104. The molecule has 2 saturated heterocycles. The van der Waals surface area contributed by atoms with Crippen molar-refractivity contribution in [3.05, 3.63) is 23.4 Å². The summed E-state index contributed by atoms with van der Waals surface area (Å²) in [6.45, 7) is 3.41. The quantitative estimate of drug-likeness (QED) is 0.843. The Labute approximate surface area is 153 Å². The molecule has 0 atom stereocenters. The van der Waals surface area contributed by atoms with Crippen LogP contribution < -0.4 is 5.32 Å². The van der Waals surface area contributed by atoms with Gasteiger partial charge in [0.1, 0.15) is 17.2 Å². The molecule has 134 valence electrons. The number of nitrogens with zero attached hydrogens (tertiary/aromatic N) is 2. The zero-order valence-corrected chi connectivity index (χ0v) is 15.0. The summed E-state index contributed by atoms with van der Waals surface area (Å²) in [5, 5.41) is 3.33. The van der Waals surface area contributed by atoms with E-state index < -0.39 is 0 Å². The highest BCUT2D eigenvalue weighted by molar-refractivity contribution is 5.85. The topological polar surface area (TPSA) is 62.8 Å². The minimum Gasteiger partial charge on any atom is -0.381 e. The number of hydrogen-bond donors (Lipinski definition) is 2. The number of halogens is 3. The number of nitrogens with one attached hydrogen (secondary N) is 2. The van der Waals surface area contributed by atoms with Crippen molar-refractivity contribution in [1.29, 1.82) is 0 Å². The first-order valence-corrected chi connectivity index (χ1v) is 8.15. The normalized spacial score (nSPS) is 19.7. The molecule has 0 aliphatic carbocycles. The molecule has 2 aromatic heterocycles. The van der Waals surface area contributed by atoms with Crippen LogP contribution >= 0.6 is 24.8 Å². The second kappa shape index (κ2) is 8.43. The maximum atomic E-state index is 14.4. The van der Waals surface area contributed by atoms with Crippen LogP contribution in [0.5, 0.6) is 0 Å². The van der Waals surface area contributed by atoms with Crippen LogP contribution in [0.2, 0.25) is 0 Å². The van der Waals surface area contributed by atoms with E-state index in [-0.39, 0.29) is 36.5 Å². The Morgan fingerprint density at radius 1 is 1.04 bits per heavy atom. The molecule has 8 heteroatoms. The molecule has 24 heavy (non-hydrogen) atoms. The van der Waals surface area contributed by atoms with E-state index in [9.17, 15) is 4.39 Å². The third-order valence-electron chi connectivity index (χ3n) is 4.88. The van der Waals surface area contributed by atoms with Gasteiger partial charge >= 0.3 is 0 Å². The highest BCUT2D eigenvalue weighted by Gasteiger charge is 2.26. The lowest BCUT2D eigenvalue weighted by molar-refractivity contribution is 0.0838. The highest BCUT2D eigenvalue weighted by atomic mass is 35.5. The van der Waals surface area contributed by atoms with E-state index >= 15 is 0 Å². The number of ether oxygens (including phenoxy) is 1. The summed E-state index contributed by atoms with van der Waals surface area (Å²) in [7, 11) is 0. The molecular weight excluding hydrogens is 354 g/mol. The summed E-state index contributed by atoms with van der Waals surface area (Å²) in [6.07, 6.45) is 5.17. The lowest BCUT2D eigenvalue weighted by Gasteiger charge is -2.23. The maximum absolute atomic E-state index is 14.4. The number of piperidine rings is 1. The Morgan fingerprint density at radius 3 is 2.46 bits per heavy atom. The SMILES string of the molecule is Cl.Cl.Fc1cnc2[nH]c(C3CCOCC3)nc2c1C1CCNCC1. The molecule has 0 unspecified atom stereocenters. The molecule has 2 aliphatic heterocycles. The van der Waals surface area contributed by atoms with Crippen LogP contribution in [0.15, 0.2) is 6.20 Å². The zero-order chi connectivity index (χ0) is 14.9. The Bertz CT molecular complexity index is 669. The number of imidazole rings is 1. The fourth-order valence-corrected chi connectivity index (χ4v) is 3.63. The monoisotopic (exact) mass is 376 g/mol. The van der Waals surface area contributed by atoms with Gasteiger partial charge in [-0.2, -0.15) is 0 Å². The molecular formula is C16H23Cl2FN4O. The van der Waals surface area contributed by atoms with Crippen molar-refractivity contribution in [2.75, 3.05) is 26.3 Å². The molecule has 2 N–H and O–H groups in total. The predicted molar refractivity (Wildman–Crippen MR) is 96.0 cm³/mol. The van der Waals surface area contributed by atoms with Crippen molar-refractivity contribution in [1.82, 2.24) is 20.3 Å². The van der Waals surface area contributed by atoms with Gasteiger partial charge in [0.15, 0.2) is 5.65 Å². The van der Waals surface area contributed by atoms with Gasteiger partial charge in [0.25, 0.3) is 0 Å². The van der Waals surface area contributed by atoms with Crippen molar-refractivity contribution >= 4 is 36.0 Å². The number of aromatic amines is 1. The largest absolute Gasteiger partial charge is 0.381 e. The number of hydrogen-bond acceptors (Lipinski definition) is 4. The standard InChI is InChI=1S/C16H21FN4O.2ClH/c17-12-9-19-16-14(13(12)10-1-5-18-6-2-10)20-15(21-16)11-3-7-22-8-4-11;;/h9-11,18H,1-8H2,(H,19,20,21);2*1H. The van der Waals surface area contributed by atoms with Crippen LogP contribution in [0.4, 0.5) is 4.39 Å². The number of pyridine rings is 1. The Kier molecular flexibility index (Phi) is 6.80. The number of aromatic nitrogens is 3. The van der Waals surface area contributed by atoms with Gasteiger partial charge in [-0.3, -0.25) is 0 Å². The summed E-state index contributed by atoms with van der Waals surface area (Å²) in [4.78, 5) is 12.3. The summed E-state index contributed by atoms with van der Waals surface area (Å²) in [5.41, 5.74) is 2.20. The Hall–Kier alpha value is -0.950.